The van der Waals surface area contributed by atoms with Crippen molar-refractivity contribution in [3.8, 4) is 11.5 Å². The summed E-state index contributed by atoms with van der Waals surface area (Å²) in [5.41, 5.74) is 0.551. The molecule has 0 heterocycles. The molecular weight excluding hydrogens is 242 g/mol. The maximum atomic E-state index is 12.0. The van der Waals surface area contributed by atoms with Crippen LogP contribution in [0.2, 0.25) is 0 Å². The number of benzene rings is 1. The second kappa shape index (κ2) is 6.35. The van der Waals surface area contributed by atoms with E-state index in [1.165, 1.54) is 7.11 Å². The molecule has 1 amide bonds. The lowest BCUT2D eigenvalue weighted by Crippen LogP contribution is -2.28. The van der Waals surface area contributed by atoms with Gasteiger partial charge in [-0.15, -0.1) is 11.6 Å². The highest BCUT2D eigenvalue weighted by molar-refractivity contribution is 6.18. The third kappa shape index (κ3) is 3.27. The van der Waals surface area contributed by atoms with E-state index < -0.39 is 0 Å². The summed E-state index contributed by atoms with van der Waals surface area (Å²) in [4.78, 5) is 13.5. The lowest BCUT2D eigenvalue weighted by atomic mass is 10.2. The Morgan fingerprint density at radius 3 is 2.47 bits per heavy atom. The number of carbonyl (C=O) groups is 1. The number of carbonyl (C=O) groups excluding carboxylic acids is 1. The molecule has 0 spiro atoms. The fraction of sp³-hybridized carbons (Fsp3) is 0.417. The highest BCUT2D eigenvalue weighted by Crippen LogP contribution is 2.27. The molecule has 0 fully saturated rings. The smallest absolute Gasteiger partial charge is 0.253 e. The normalized spacial score (nSPS) is 9.88. The zero-order valence-electron chi connectivity index (χ0n) is 10.2. The first-order valence-corrected chi connectivity index (χ1v) is 5.71. The van der Waals surface area contributed by atoms with E-state index in [1.54, 1.807) is 37.3 Å². The van der Waals surface area contributed by atoms with Crippen molar-refractivity contribution in [1.29, 1.82) is 0 Å². The van der Waals surface area contributed by atoms with Crippen LogP contribution in [0.4, 0.5) is 0 Å². The topological polar surface area (TPSA) is 38.8 Å². The summed E-state index contributed by atoms with van der Waals surface area (Å²) >= 11 is 5.60. The molecule has 0 unspecified atom stereocenters. The number of nitrogens with zero attached hydrogens (tertiary/aromatic N) is 1. The number of hydrogen-bond acceptors (Lipinski definition) is 3. The van der Waals surface area contributed by atoms with Gasteiger partial charge in [0.2, 0.25) is 0 Å². The summed E-state index contributed by atoms with van der Waals surface area (Å²) in [6.07, 6.45) is 0. The minimum atomic E-state index is -0.0911. The van der Waals surface area contributed by atoms with Gasteiger partial charge >= 0.3 is 0 Å². The van der Waals surface area contributed by atoms with Gasteiger partial charge in [0.1, 0.15) is 0 Å². The summed E-state index contributed by atoms with van der Waals surface area (Å²) in [7, 11) is 4.80. The monoisotopic (exact) mass is 257 g/mol. The van der Waals surface area contributed by atoms with Crippen molar-refractivity contribution < 1.29 is 14.3 Å². The lowest BCUT2D eigenvalue weighted by Gasteiger charge is -2.16. The van der Waals surface area contributed by atoms with E-state index in [1.807, 2.05) is 0 Å². The fourth-order valence-corrected chi connectivity index (χ4v) is 1.67. The number of ether oxygens (including phenoxy) is 2. The van der Waals surface area contributed by atoms with Gasteiger partial charge in [-0.3, -0.25) is 4.79 Å². The molecule has 1 aromatic carbocycles. The van der Waals surface area contributed by atoms with Crippen molar-refractivity contribution in [1.82, 2.24) is 4.90 Å². The highest BCUT2D eigenvalue weighted by Gasteiger charge is 2.13. The van der Waals surface area contributed by atoms with Gasteiger partial charge in [0.15, 0.2) is 11.5 Å². The first kappa shape index (κ1) is 13.6. The first-order valence-electron chi connectivity index (χ1n) is 5.17. The van der Waals surface area contributed by atoms with E-state index in [4.69, 9.17) is 21.1 Å². The average Bonchev–Trinajstić information content (AvgIpc) is 2.37. The quantitative estimate of drug-likeness (QED) is 0.758. The van der Waals surface area contributed by atoms with Crippen molar-refractivity contribution in [2.75, 3.05) is 33.7 Å². The molecule has 0 aromatic heterocycles. The largest absolute Gasteiger partial charge is 0.493 e. The number of amides is 1. The predicted octanol–water partition coefficient (Wildman–Crippen LogP) is 2.01. The van der Waals surface area contributed by atoms with Crippen LogP contribution in [0, 0.1) is 0 Å². The van der Waals surface area contributed by atoms with E-state index in [0.717, 1.165) is 0 Å². The molecule has 0 saturated carbocycles. The lowest BCUT2D eigenvalue weighted by molar-refractivity contribution is 0.0803. The molecule has 0 bridgehead atoms. The Balaban J connectivity index is 2.95. The molecule has 1 rings (SSSR count). The number of alkyl halides is 1. The van der Waals surface area contributed by atoms with Crippen LogP contribution in [0.15, 0.2) is 18.2 Å². The number of rotatable bonds is 5. The van der Waals surface area contributed by atoms with Crippen molar-refractivity contribution in [3.05, 3.63) is 23.8 Å². The molecule has 0 atom stereocenters. The van der Waals surface area contributed by atoms with Crippen molar-refractivity contribution in [2.45, 2.75) is 0 Å². The van der Waals surface area contributed by atoms with Gasteiger partial charge < -0.3 is 14.4 Å². The molecule has 1 aromatic rings. The summed E-state index contributed by atoms with van der Waals surface area (Å²) < 4.78 is 10.3. The summed E-state index contributed by atoms with van der Waals surface area (Å²) in [6.45, 7) is 0.509. The second-order valence-corrected chi connectivity index (χ2v) is 3.86. The number of methoxy groups -OCH3 is 2. The molecule has 0 aliphatic rings. The van der Waals surface area contributed by atoms with Crippen molar-refractivity contribution in [3.63, 3.8) is 0 Å². The molecule has 0 saturated heterocycles. The summed E-state index contributed by atoms with van der Waals surface area (Å²) in [6, 6.07) is 5.07. The Hall–Kier alpha value is -1.42. The van der Waals surface area contributed by atoms with Gasteiger partial charge in [0, 0.05) is 25.0 Å². The summed E-state index contributed by atoms with van der Waals surface area (Å²) in [5, 5.41) is 0. The van der Waals surface area contributed by atoms with E-state index in [2.05, 4.69) is 0 Å². The molecule has 94 valence electrons. The predicted molar refractivity (Wildman–Crippen MR) is 67.2 cm³/mol. The van der Waals surface area contributed by atoms with Crippen LogP contribution in [-0.4, -0.2) is 44.5 Å². The van der Waals surface area contributed by atoms with Crippen LogP contribution in [0.3, 0.4) is 0 Å². The van der Waals surface area contributed by atoms with Gasteiger partial charge in [-0.25, -0.2) is 0 Å². The Morgan fingerprint density at radius 1 is 1.29 bits per heavy atom. The molecule has 0 N–H and O–H groups in total. The van der Waals surface area contributed by atoms with Crippen molar-refractivity contribution in [2.24, 2.45) is 0 Å². The SMILES string of the molecule is COc1ccc(C(=O)N(C)CCCl)cc1OC. The Labute approximate surface area is 106 Å². The molecule has 4 nitrogen and oxygen atoms in total. The minimum Gasteiger partial charge on any atom is -0.493 e. The van der Waals surface area contributed by atoms with Crippen LogP contribution < -0.4 is 9.47 Å². The highest BCUT2D eigenvalue weighted by atomic mass is 35.5. The zero-order chi connectivity index (χ0) is 12.8. The Morgan fingerprint density at radius 2 is 1.94 bits per heavy atom. The van der Waals surface area contributed by atoms with E-state index >= 15 is 0 Å². The van der Waals surface area contributed by atoms with Gasteiger partial charge in [0.25, 0.3) is 5.91 Å². The van der Waals surface area contributed by atoms with E-state index in [9.17, 15) is 4.79 Å². The van der Waals surface area contributed by atoms with Crippen LogP contribution in [0.5, 0.6) is 11.5 Å². The van der Waals surface area contributed by atoms with Crippen LogP contribution >= 0.6 is 11.6 Å². The maximum Gasteiger partial charge on any atom is 0.253 e. The molecule has 0 aliphatic heterocycles. The molecule has 17 heavy (non-hydrogen) atoms. The molecular formula is C12H16ClNO3. The summed E-state index contributed by atoms with van der Waals surface area (Å²) in [5.74, 6) is 1.46. The van der Waals surface area contributed by atoms with Gasteiger partial charge in [0.05, 0.1) is 14.2 Å². The standard InChI is InChI=1S/C12H16ClNO3/c1-14(7-6-13)12(15)9-4-5-10(16-2)11(8-9)17-3/h4-5,8H,6-7H2,1-3H3. The van der Waals surface area contributed by atoms with Crippen LogP contribution in [0.1, 0.15) is 10.4 Å². The molecule has 0 radical (unpaired) electrons. The third-order valence-electron chi connectivity index (χ3n) is 2.40. The molecule has 5 heteroatoms. The van der Waals surface area contributed by atoms with E-state index in [-0.39, 0.29) is 5.91 Å². The Bertz CT molecular complexity index is 395. The number of hydrogen-bond donors (Lipinski definition) is 0. The number of halogens is 1. The average molecular weight is 258 g/mol. The van der Waals surface area contributed by atoms with E-state index in [0.29, 0.717) is 29.5 Å². The van der Waals surface area contributed by atoms with Crippen LogP contribution in [0.25, 0.3) is 0 Å². The second-order valence-electron chi connectivity index (χ2n) is 3.49. The Kier molecular flexibility index (Phi) is 5.10. The minimum absolute atomic E-state index is 0.0911. The maximum absolute atomic E-state index is 12.0. The zero-order valence-corrected chi connectivity index (χ0v) is 11.0. The first-order chi connectivity index (χ1) is 8.13. The van der Waals surface area contributed by atoms with Crippen LogP contribution in [-0.2, 0) is 0 Å². The van der Waals surface area contributed by atoms with Gasteiger partial charge in [-0.1, -0.05) is 0 Å². The van der Waals surface area contributed by atoms with Gasteiger partial charge in [-0.05, 0) is 18.2 Å². The fourth-order valence-electron chi connectivity index (χ4n) is 1.42. The third-order valence-corrected chi connectivity index (χ3v) is 2.57. The van der Waals surface area contributed by atoms with Gasteiger partial charge in [-0.2, -0.15) is 0 Å². The van der Waals surface area contributed by atoms with Crippen molar-refractivity contribution >= 4 is 17.5 Å². The molecule has 0 aliphatic carbocycles.